The monoisotopic (exact) mass is 228 g/mol. The maximum atomic E-state index is 11.2. The summed E-state index contributed by atoms with van der Waals surface area (Å²) in [7, 11) is 0. The lowest BCUT2D eigenvalue weighted by molar-refractivity contribution is -0.143. The van der Waals surface area contributed by atoms with E-state index < -0.39 is 0 Å². The molecule has 0 aliphatic rings. The van der Waals surface area contributed by atoms with Gasteiger partial charge in [0, 0.05) is 12.0 Å². The third kappa shape index (κ3) is 7.04. The number of carbonyl (C=O) groups excluding carboxylic acids is 2. The van der Waals surface area contributed by atoms with Crippen molar-refractivity contribution in [1.82, 2.24) is 0 Å². The number of carbonyl (C=O) groups is 2. The van der Waals surface area contributed by atoms with Gasteiger partial charge in [-0.25, -0.2) is 4.79 Å². The molecule has 0 rings (SSSR count). The van der Waals surface area contributed by atoms with E-state index in [1.807, 2.05) is 0 Å². The van der Waals surface area contributed by atoms with Gasteiger partial charge < -0.3 is 9.47 Å². The number of hydrogen-bond donors (Lipinski definition) is 0. The van der Waals surface area contributed by atoms with Gasteiger partial charge in [-0.1, -0.05) is 6.08 Å². The van der Waals surface area contributed by atoms with Crippen LogP contribution in [0.4, 0.5) is 0 Å². The number of esters is 2. The largest absolute Gasteiger partial charge is 0.466 e. The molecule has 0 spiro atoms. The summed E-state index contributed by atoms with van der Waals surface area (Å²) in [5.41, 5.74) is 0.589. The first-order valence-corrected chi connectivity index (χ1v) is 5.61. The minimum atomic E-state index is -0.293. The Morgan fingerprint density at radius 2 is 1.75 bits per heavy atom. The van der Waals surface area contributed by atoms with Gasteiger partial charge in [0.25, 0.3) is 0 Å². The Kier molecular flexibility index (Phi) is 8.21. The van der Waals surface area contributed by atoms with Gasteiger partial charge in [0.05, 0.1) is 13.2 Å². The van der Waals surface area contributed by atoms with Crippen molar-refractivity contribution < 1.29 is 19.1 Å². The third-order valence-corrected chi connectivity index (χ3v) is 1.94. The second kappa shape index (κ2) is 8.95. The number of rotatable bonds is 7. The van der Waals surface area contributed by atoms with E-state index in [1.165, 1.54) is 0 Å². The molecule has 4 heteroatoms. The zero-order chi connectivity index (χ0) is 12.4. The van der Waals surface area contributed by atoms with Gasteiger partial charge in [-0.3, -0.25) is 4.79 Å². The molecule has 0 bridgehead atoms. The molecule has 0 aromatic heterocycles. The van der Waals surface area contributed by atoms with Gasteiger partial charge in [-0.2, -0.15) is 0 Å². The van der Waals surface area contributed by atoms with Crippen LogP contribution in [0.1, 0.15) is 40.0 Å². The van der Waals surface area contributed by atoms with Crippen LogP contribution in [0.5, 0.6) is 0 Å². The molecule has 0 N–H and O–H groups in total. The molecule has 16 heavy (non-hydrogen) atoms. The molecular weight excluding hydrogens is 208 g/mol. The highest BCUT2D eigenvalue weighted by atomic mass is 16.5. The maximum Gasteiger partial charge on any atom is 0.333 e. The number of unbranched alkanes of at least 4 members (excludes halogenated alkanes) is 1. The minimum Gasteiger partial charge on any atom is -0.466 e. The smallest absolute Gasteiger partial charge is 0.333 e. The molecule has 0 aliphatic heterocycles. The van der Waals surface area contributed by atoms with Crippen molar-refractivity contribution >= 4 is 11.9 Å². The van der Waals surface area contributed by atoms with E-state index in [1.54, 1.807) is 26.8 Å². The topological polar surface area (TPSA) is 52.6 Å². The molecule has 0 saturated heterocycles. The lowest BCUT2D eigenvalue weighted by atomic mass is 10.2. The summed E-state index contributed by atoms with van der Waals surface area (Å²) in [6.45, 7) is 6.06. The van der Waals surface area contributed by atoms with E-state index in [-0.39, 0.29) is 11.9 Å². The van der Waals surface area contributed by atoms with Crippen molar-refractivity contribution in [3.63, 3.8) is 0 Å². The fraction of sp³-hybridized carbons (Fsp3) is 0.667. The summed E-state index contributed by atoms with van der Waals surface area (Å²) in [6.07, 6.45) is 3.55. The predicted octanol–water partition coefficient (Wildman–Crippen LogP) is 2.23. The van der Waals surface area contributed by atoms with Crippen molar-refractivity contribution in [3.8, 4) is 0 Å². The summed E-state index contributed by atoms with van der Waals surface area (Å²) < 4.78 is 9.61. The normalized spacial score (nSPS) is 11.1. The second-order valence-electron chi connectivity index (χ2n) is 3.30. The average Bonchev–Trinajstić information content (AvgIpc) is 2.24. The third-order valence-electron chi connectivity index (χ3n) is 1.94. The molecule has 0 amide bonds. The fourth-order valence-electron chi connectivity index (χ4n) is 1.13. The van der Waals surface area contributed by atoms with Gasteiger partial charge in [-0.15, -0.1) is 0 Å². The molecule has 0 heterocycles. The molecule has 0 fully saturated rings. The van der Waals surface area contributed by atoms with Crippen LogP contribution >= 0.6 is 0 Å². The molecule has 0 aromatic carbocycles. The average molecular weight is 228 g/mol. The lowest BCUT2D eigenvalue weighted by Crippen LogP contribution is -2.05. The van der Waals surface area contributed by atoms with Gasteiger partial charge in [0.2, 0.25) is 0 Å². The molecule has 0 atom stereocenters. The van der Waals surface area contributed by atoms with Crippen LogP contribution in [0.3, 0.4) is 0 Å². The molecule has 4 nitrogen and oxygen atoms in total. The molecule has 0 aliphatic carbocycles. The summed E-state index contributed by atoms with van der Waals surface area (Å²) in [4.78, 5) is 22.2. The van der Waals surface area contributed by atoms with Crippen molar-refractivity contribution in [2.75, 3.05) is 13.2 Å². The standard InChI is InChI=1S/C12H20O4/c1-4-15-11(13)9-7-6-8-10(3)12(14)16-5-2/h8H,4-7,9H2,1-3H3. The van der Waals surface area contributed by atoms with Crippen molar-refractivity contribution in [3.05, 3.63) is 11.6 Å². The van der Waals surface area contributed by atoms with Crippen LogP contribution in [0.2, 0.25) is 0 Å². The molecule has 0 saturated carbocycles. The van der Waals surface area contributed by atoms with Crippen LogP contribution in [0.15, 0.2) is 11.6 Å². The van der Waals surface area contributed by atoms with E-state index in [0.29, 0.717) is 38.0 Å². The van der Waals surface area contributed by atoms with Gasteiger partial charge in [-0.05, 0) is 33.6 Å². The lowest BCUT2D eigenvalue weighted by Gasteiger charge is -2.02. The van der Waals surface area contributed by atoms with Crippen LogP contribution in [-0.4, -0.2) is 25.2 Å². The highest BCUT2D eigenvalue weighted by Crippen LogP contribution is 2.04. The first-order valence-electron chi connectivity index (χ1n) is 5.61. The fourth-order valence-corrected chi connectivity index (χ4v) is 1.13. The van der Waals surface area contributed by atoms with E-state index in [0.717, 1.165) is 0 Å². The molecule has 0 radical (unpaired) electrons. The maximum absolute atomic E-state index is 11.2. The predicted molar refractivity (Wildman–Crippen MR) is 60.9 cm³/mol. The zero-order valence-electron chi connectivity index (χ0n) is 10.2. The van der Waals surface area contributed by atoms with Crippen LogP contribution in [-0.2, 0) is 19.1 Å². The minimum absolute atomic E-state index is 0.190. The number of allylic oxidation sites excluding steroid dienone is 1. The SMILES string of the molecule is CCOC(=O)CCCC=C(C)C(=O)OCC. The van der Waals surface area contributed by atoms with Gasteiger partial charge >= 0.3 is 11.9 Å². The highest BCUT2D eigenvalue weighted by Gasteiger charge is 2.04. The zero-order valence-corrected chi connectivity index (χ0v) is 10.2. The Balaban J connectivity index is 3.74. The van der Waals surface area contributed by atoms with Crippen molar-refractivity contribution in [2.24, 2.45) is 0 Å². The first kappa shape index (κ1) is 14.7. The number of hydrogen-bond acceptors (Lipinski definition) is 4. The van der Waals surface area contributed by atoms with Crippen LogP contribution < -0.4 is 0 Å². The van der Waals surface area contributed by atoms with Crippen LogP contribution in [0.25, 0.3) is 0 Å². The summed E-state index contributed by atoms with van der Waals surface area (Å²) in [5.74, 6) is -0.483. The molecule has 0 unspecified atom stereocenters. The highest BCUT2D eigenvalue weighted by molar-refractivity contribution is 5.87. The molecular formula is C12H20O4. The summed E-state index contributed by atoms with van der Waals surface area (Å²) in [6, 6.07) is 0. The van der Waals surface area contributed by atoms with E-state index in [4.69, 9.17) is 9.47 Å². The first-order chi connectivity index (χ1) is 7.61. The van der Waals surface area contributed by atoms with Gasteiger partial charge in [0.1, 0.15) is 0 Å². The van der Waals surface area contributed by atoms with Crippen LogP contribution in [0, 0.1) is 0 Å². The Morgan fingerprint density at radius 3 is 2.31 bits per heavy atom. The van der Waals surface area contributed by atoms with E-state index in [2.05, 4.69) is 0 Å². The Labute approximate surface area is 96.6 Å². The second-order valence-corrected chi connectivity index (χ2v) is 3.30. The Morgan fingerprint density at radius 1 is 1.12 bits per heavy atom. The van der Waals surface area contributed by atoms with E-state index >= 15 is 0 Å². The summed E-state index contributed by atoms with van der Waals surface area (Å²) >= 11 is 0. The molecule has 92 valence electrons. The quantitative estimate of drug-likeness (QED) is 0.381. The Hall–Kier alpha value is -1.32. The van der Waals surface area contributed by atoms with E-state index in [9.17, 15) is 9.59 Å². The molecule has 0 aromatic rings. The van der Waals surface area contributed by atoms with Crippen molar-refractivity contribution in [1.29, 1.82) is 0 Å². The number of ether oxygens (including phenoxy) is 2. The Bertz CT molecular complexity index is 256. The van der Waals surface area contributed by atoms with Crippen molar-refractivity contribution in [2.45, 2.75) is 40.0 Å². The summed E-state index contributed by atoms with van der Waals surface area (Å²) in [5, 5.41) is 0. The van der Waals surface area contributed by atoms with Gasteiger partial charge in [0.15, 0.2) is 0 Å².